The summed E-state index contributed by atoms with van der Waals surface area (Å²) in [5, 5.41) is 50.1. The van der Waals surface area contributed by atoms with Crippen molar-refractivity contribution in [2.75, 3.05) is 13.2 Å². The molecule has 0 bridgehead atoms. The fourth-order valence-electron chi connectivity index (χ4n) is 6.91. The van der Waals surface area contributed by atoms with Gasteiger partial charge in [-0.2, -0.15) is 0 Å². The fraction of sp³-hybridized carbons (Fsp3) is 0.745. The van der Waals surface area contributed by atoms with Crippen LogP contribution < -0.4 is 0 Å². The molecule has 0 aromatic carbocycles. The summed E-state index contributed by atoms with van der Waals surface area (Å²) in [6.45, 7) is 3.13. The van der Waals surface area contributed by atoms with Gasteiger partial charge in [-0.3, -0.25) is 18.6 Å². The average molecular weight is 899 g/mol. The molecule has 1 aliphatic carbocycles. The van der Waals surface area contributed by atoms with E-state index in [1.165, 1.54) is 38.5 Å². The summed E-state index contributed by atoms with van der Waals surface area (Å²) >= 11 is 0. The molecule has 14 nitrogen and oxygen atoms in total. The maximum Gasteiger partial charge on any atom is 0.472 e. The Morgan fingerprint density at radius 3 is 1.65 bits per heavy atom. The number of aliphatic hydroxyl groups is 5. The third-order valence-corrected chi connectivity index (χ3v) is 11.8. The highest BCUT2D eigenvalue weighted by Crippen LogP contribution is 2.47. The van der Waals surface area contributed by atoms with Crippen molar-refractivity contribution in [3.63, 3.8) is 0 Å². The molecule has 0 radical (unpaired) electrons. The molecule has 0 aromatic heterocycles. The van der Waals surface area contributed by atoms with E-state index in [1.54, 1.807) is 0 Å². The highest BCUT2D eigenvalue weighted by molar-refractivity contribution is 7.47. The first-order valence-electron chi connectivity index (χ1n) is 23.2. The molecule has 0 amide bonds. The molecule has 1 heterocycles. The van der Waals surface area contributed by atoms with Crippen molar-refractivity contribution in [3.8, 4) is 0 Å². The van der Waals surface area contributed by atoms with Gasteiger partial charge in [0.2, 0.25) is 0 Å². The molecule has 0 aromatic rings. The number of carbonyl (C=O) groups excluding carboxylic acids is 2. The van der Waals surface area contributed by atoms with Crippen LogP contribution in [0.25, 0.3) is 0 Å². The topological polar surface area (TPSA) is 222 Å². The van der Waals surface area contributed by atoms with Crippen molar-refractivity contribution in [1.82, 2.24) is 0 Å². The second-order valence-electron chi connectivity index (χ2n) is 16.3. The first-order chi connectivity index (χ1) is 29.9. The van der Waals surface area contributed by atoms with Gasteiger partial charge in [-0.25, -0.2) is 4.57 Å². The Balaban J connectivity index is 1.73. The zero-order chi connectivity index (χ0) is 45.4. The van der Waals surface area contributed by atoms with Crippen LogP contribution in [0.3, 0.4) is 0 Å². The minimum absolute atomic E-state index is 0.0114. The summed E-state index contributed by atoms with van der Waals surface area (Å²) in [6, 6.07) is 0. The molecule has 1 saturated heterocycles. The van der Waals surface area contributed by atoms with Gasteiger partial charge < -0.3 is 44.6 Å². The smallest absolute Gasteiger partial charge is 0.462 e. The van der Waals surface area contributed by atoms with Crippen LogP contribution in [0.2, 0.25) is 0 Å². The monoisotopic (exact) mass is 899 g/mol. The number of unbranched alkanes of at least 4 members (excludes halogenated alkanes) is 12. The van der Waals surface area contributed by atoms with Crippen molar-refractivity contribution >= 4 is 19.8 Å². The predicted octanol–water partition coefficient (Wildman–Crippen LogP) is 7.93. The van der Waals surface area contributed by atoms with Crippen molar-refractivity contribution in [3.05, 3.63) is 60.8 Å². The van der Waals surface area contributed by atoms with Crippen LogP contribution in [-0.4, -0.2) is 111 Å². The van der Waals surface area contributed by atoms with E-state index in [2.05, 4.69) is 62.5 Å². The molecular formula is C47H79O14P. The zero-order valence-electron chi connectivity index (χ0n) is 37.3. The minimum atomic E-state index is -5.14. The number of ether oxygens (including phenoxy) is 3. The van der Waals surface area contributed by atoms with Crippen LogP contribution in [0, 0.1) is 0 Å². The van der Waals surface area contributed by atoms with Gasteiger partial charge >= 0.3 is 19.8 Å². The standard InChI is InChI=1S/C47H79O14P/c1-3-5-6-7-8-9-10-11-12-15-18-21-24-27-30-33-40(48)57-35-37(36-58-62(55,56)61-47-45(53)43(51)42(50)44(52)46(47)54)59-41(49)34-31-28-25-22-19-16-13-14-17-20-23-26-29-32-39-38(4-2)60-39/h11-13,16-17,20,22,25-26,29,37-39,42-47,50-54H,3-10,14-15,18-19,21,23-24,27-28,30-36H2,1-2H3,(H,55,56)/b12-11-,16-13-,20-17-,25-22-,29-26-. The van der Waals surface area contributed by atoms with Crippen LogP contribution in [0.5, 0.6) is 0 Å². The van der Waals surface area contributed by atoms with Crippen LogP contribution >= 0.6 is 7.82 Å². The van der Waals surface area contributed by atoms with Crippen molar-refractivity contribution in [2.24, 2.45) is 0 Å². The first kappa shape index (κ1) is 55.6. The lowest BCUT2D eigenvalue weighted by atomic mass is 9.85. The number of allylic oxidation sites excluding steroid dienone is 9. The number of esters is 2. The number of hydrogen-bond acceptors (Lipinski definition) is 13. The number of epoxide rings is 1. The number of rotatable bonds is 36. The van der Waals surface area contributed by atoms with E-state index in [1.807, 2.05) is 12.2 Å². The van der Waals surface area contributed by atoms with Crippen LogP contribution in [0.15, 0.2) is 60.8 Å². The van der Waals surface area contributed by atoms with Crippen molar-refractivity contribution in [2.45, 2.75) is 210 Å². The molecule has 2 rings (SSSR count). The molecule has 8 unspecified atom stereocenters. The lowest BCUT2D eigenvalue weighted by Gasteiger charge is -2.41. The highest BCUT2D eigenvalue weighted by Gasteiger charge is 2.51. The molecule has 6 N–H and O–H groups in total. The summed E-state index contributed by atoms with van der Waals surface area (Å²) < 4.78 is 39.0. The van der Waals surface area contributed by atoms with Crippen LogP contribution in [-0.2, 0) is 37.4 Å². The van der Waals surface area contributed by atoms with E-state index in [-0.39, 0.29) is 12.8 Å². The average Bonchev–Trinajstić information content (AvgIpc) is 4.03. The van der Waals surface area contributed by atoms with E-state index >= 15 is 0 Å². The molecule has 0 spiro atoms. The number of phosphoric acid groups is 1. The summed E-state index contributed by atoms with van der Waals surface area (Å²) in [5.74, 6) is -1.19. The van der Waals surface area contributed by atoms with E-state index in [9.17, 15) is 44.6 Å². The fourth-order valence-corrected chi connectivity index (χ4v) is 7.89. The van der Waals surface area contributed by atoms with Gasteiger partial charge in [0, 0.05) is 12.8 Å². The second-order valence-corrected chi connectivity index (χ2v) is 17.7. The molecule has 15 heteroatoms. The Morgan fingerprint density at radius 2 is 1.06 bits per heavy atom. The number of carbonyl (C=O) groups is 2. The van der Waals surface area contributed by atoms with E-state index in [0.717, 1.165) is 70.6 Å². The molecule has 1 aliphatic heterocycles. The van der Waals surface area contributed by atoms with Gasteiger partial charge in [0.05, 0.1) is 18.8 Å². The third-order valence-electron chi connectivity index (χ3n) is 10.8. The first-order valence-corrected chi connectivity index (χ1v) is 24.7. The number of phosphoric ester groups is 1. The summed E-state index contributed by atoms with van der Waals surface area (Å²) in [7, 11) is -5.14. The third kappa shape index (κ3) is 25.7. The molecule has 1 saturated carbocycles. The molecule has 2 fully saturated rings. The quantitative estimate of drug-likeness (QED) is 0.0116. The van der Waals surface area contributed by atoms with E-state index in [0.29, 0.717) is 31.5 Å². The van der Waals surface area contributed by atoms with E-state index < -0.39 is 75.7 Å². The molecule has 8 atom stereocenters. The predicted molar refractivity (Wildman–Crippen MR) is 239 cm³/mol. The highest BCUT2D eigenvalue weighted by atomic mass is 31.2. The molecule has 62 heavy (non-hydrogen) atoms. The maximum absolute atomic E-state index is 12.8. The number of hydrogen-bond donors (Lipinski definition) is 6. The number of aliphatic hydroxyl groups excluding tert-OH is 5. The minimum Gasteiger partial charge on any atom is -0.462 e. The van der Waals surface area contributed by atoms with Gasteiger partial charge in [0.25, 0.3) is 0 Å². The summed E-state index contributed by atoms with van der Waals surface area (Å²) in [5.41, 5.74) is 0. The lowest BCUT2D eigenvalue weighted by Crippen LogP contribution is -2.64. The Kier molecular flexibility index (Phi) is 30.5. The molecular weight excluding hydrogens is 819 g/mol. The van der Waals surface area contributed by atoms with Gasteiger partial charge in [0.15, 0.2) is 6.10 Å². The normalized spacial score (nSPS) is 25.7. The van der Waals surface area contributed by atoms with Gasteiger partial charge in [0.1, 0.15) is 43.2 Å². The lowest BCUT2D eigenvalue weighted by molar-refractivity contribution is -0.220. The molecule has 2 aliphatic rings. The Labute approximate surface area is 370 Å². The van der Waals surface area contributed by atoms with Gasteiger partial charge in [-0.15, -0.1) is 0 Å². The van der Waals surface area contributed by atoms with Crippen LogP contribution in [0.1, 0.15) is 155 Å². The largest absolute Gasteiger partial charge is 0.472 e. The van der Waals surface area contributed by atoms with Crippen molar-refractivity contribution in [1.29, 1.82) is 0 Å². The molecule has 356 valence electrons. The van der Waals surface area contributed by atoms with E-state index in [4.69, 9.17) is 23.3 Å². The summed E-state index contributed by atoms with van der Waals surface area (Å²) in [4.78, 5) is 35.7. The zero-order valence-corrected chi connectivity index (χ0v) is 38.2. The second kappa shape index (κ2) is 33.9. The summed E-state index contributed by atoms with van der Waals surface area (Å²) in [6.07, 6.45) is 29.0. The Morgan fingerprint density at radius 1 is 0.581 bits per heavy atom. The Hall–Kier alpha value is -2.49. The van der Waals surface area contributed by atoms with Gasteiger partial charge in [-0.1, -0.05) is 126 Å². The maximum atomic E-state index is 12.8. The van der Waals surface area contributed by atoms with Crippen molar-refractivity contribution < 1.29 is 67.8 Å². The Bertz CT molecular complexity index is 1380. The SMILES string of the molecule is CCCCCCCC/C=C\CCCCCCCC(=O)OCC(COP(=O)(O)OC1C(O)C(O)C(O)C(O)C1O)OC(=O)CCC/C=C\C/C=C\C/C=C\C/C=C\CC1OC1CC. The van der Waals surface area contributed by atoms with Crippen LogP contribution in [0.4, 0.5) is 0 Å². The van der Waals surface area contributed by atoms with Gasteiger partial charge in [-0.05, 0) is 77.0 Å².